The number of H-pyrrole nitrogens is 1. The minimum Gasteiger partial charge on any atom is -0.435 e. The number of nitrogens with one attached hydrogen (secondary N) is 1. The Morgan fingerprint density at radius 1 is 1.27 bits per heavy atom. The van der Waals surface area contributed by atoms with Gasteiger partial charge in [0.15, 0.2) is 0 Å². The van der Waals surface area contributed by atoms with Crippen LogP contribution in [0.4, 0.5) is 8.78 Å². The molecule has 0 saturated carbocycles. The first kappa shape index (κ1) is 9.57. The van der Waals surface area contributed by atoms with E-state index < -0.39 is 6.61 Å². The quantitative estimate of drug-likeness (QED) is 0.845. The summed E-state index contributed by atoms with van der Waals surface area (Å²) in [5.41, 5.74) is 1.15. The number of ether oxygens (including phenoxy) is 1. The number of hydrogen-bond acceptors (Lipinski definition) is 3. The van der Waals surface area contributed by atoms with Crippen molar-refractivity contribution in [2.45, 2.75) is 6.61 Å². The Balaban J connectivity index is 2.27. The number of hydrogen-bond donors (Lipinski definition) is 1. The molecule has 0 saturated heterocycles. The van der Waals surface area contributed by atoms with Gasteiger partial charge in [0.05, 0.1) is 11.4 Å². The monoisotopic (exact) mass is 211 g/mol. The van der Waals surface area contributed by atoms with Gasteiger partial charge in [-0.05, 0) is 12.1 Å². The summed E-state index contributed by atoms with van der Waals surface area (Å²) >= 11 is 0. The summed E-state index contributed by atoms with van der Waals surface area (Å²) in [6.07, 6.45) is 2.95. The van der Waals surface area contributed by atoms with E-state index in [9.17, 15) is 8.78 Å². The SMILES string of the molecule is FC(F)Oc1ccnc(-c2ccn[nH]2)c1. The molecule has 6 heteroatoms. The van der Waals surface area contributed by atoms with Crippen LogP contribution in [0.3, 0.4) is 0 Å². The predicted molar refractivity (Wildman–Crippen MR) is 48.5 cm³/mol. The molecule has 2 aromatic heterocycles. The first-order chi connectivity index (χ1) is 7.25. The Hall–Kier alpha value is -1.98. The van der Waals surface area contributed by atoms with E-state index in [0.29, 0.717) is 11.4 Å². The predicted octanol–water partition coefficient (Wildman–Crippen LogP) is 2.07. The highest BCUT2D eigenvalue weighted by Gasteiger charge is 2.06. The average molecular weight is 211 g/mol. The van der Waals surface area contributed by atoms with Gasteiger partial charge < -0.3 is 4.74 Å². The maximum Gasteiger partial charge on any atom is 0.387 e. The second-order valence-electron chi connectivity index (χ2n) is 2.73. The van der Waals surface area contributed by atoms with Gasteiger partial charge >= 0.3 is 6.61 Å². The second kappa shape index (κ2) is 4.04. The number of aromatic amines is 1. The van der Waals surface area contributed by atoms with Gasteiger partial charge in [-0.25, -0.2) is 0 Å². The molecule has 0 aliphatic rings. The third-order valence-corrected chi connectivity index (χ3v) is 1.73. The lowest BCUT2D eigenvalue weighted by molar-refractivity contribution is -0.0498. The lowest BCUT2D eigenvalue weighted by Gasteiger charge is -2.04. The van der Waals surface area contributed by atoms with E-state index in [1.54, 1.807) is 12.3 Å². The van der Waals surface area contributed by atoms with Crippen molar-refractivity contribution in [1.29, 1.82) is 0 Å². The average Bonchev–Trinajstić information content (AvgIpc) is 2.69. The lowest BCUT2D eigenvalue weighted by atomic mass is 10.3. The van der Waals surface area contributed by atoms with Crippen LogP contribution in [0, 0.1) is 0 Å². The minimum atomic E-state index is -2.83. The number of halogens is 2. The van der Waals surface area contributed by atoms with Gasteiger partial charge in [0.25, 0.3) is 0 Å². The zero-order valence-electron chi connectivity index (χ0n) is 7.52. The summed E-state index contributed by atoms with van der Waals surface area (Å²) in [6.45, 7) is -2.83. The van der Waals surface area contributed by atoms with E-state index in [-0.39, 0.29) is 5.75 Å². The van der Waals surface area contributed by atoms with E-state index >= 15 is 0 Å². The Labute approximate surface area is 83.9 Å². The van der Waals surface area contributed by atoms with Crippen molar-refractivity contribution in [3.63, 3.8) is 0 Å². The van der Waals surface area contributed by atoms with Gasteiger partial charge in [0.1, 0.15) is 5.75 Å². The molecule has 0 radical (unpaired) electrons. The molecule has 1 N–H and O–H groups in total. The summed E-state index contributed by atoms with van der Waals surface area (Å²) in [6, 6.07) is 4.47. The van der Waals surface area contributed by atoms with Gasteiger partial charge in [-0.2, -0.15) is 13.9 Å². The Kier molecular flexibility index (Phi) is 2.57. The van der Waals surface area contributed by atoms with Crippen LogP contribution < -0.4 is 4.74 Å². The van der Waals surface area contributed by atoms with Crippen LogP contribution in [0.15, 0.2) is 30.6 Å². The standard InChI is InChI=1S/C9H7F2N3O/c10-9(11)15-6-1-3-12-8(5-6)7-2-4-13-14-7/h1-5,9H,(H,13,14). The molecule has 0 aliphatic carbocycles. The molecule has 2 heterocycles. The number of rotatable bonds is 3. The van der Waals surface area contributed by atoms with Crippen LogP contribution in [0.5, 0.6) is 5.75 Å². The number of pyridine rings is 1. The number of alkyl halides is 2. The van der Waals surface area contributed by atoms with Crippen molar-refractivity contribution >= 4 is 0 Å². The van der Waals surface area contributed by atoms with E-state index in [0.717, 1.165) is 0 Å². The van der Waals surface area contributed by atoms with Crippen molar-refractivity contribution in [2.75, 3.05) is 0 Å². The molecule has 0 aliphatic heterocycles. The summed E-state index contributed by atoms with van der Waals surface area (Å²) < 4.78 is 28.1. The van der Waals surface area contributed by atoms with Gasteiger partial charge in [-0.15, -0.1) is 0 Å². The molecule has 0 fully saturated rings. The molecule has 0 amide bonds. The Morgan fingerprint density at radius 3 is 2.80 bits per heavy atom. The summed E-state index contributed by atoms with van der Waals surface area (Å²) in [4.78, 5) is 3.99. The summed E-state index contributed by atoms with van der Waals surface area (Å²) in [7, 11) is 0. The zero-order chi connectivity index (χ0) is 10.7. The normalized spacial score (nSPS) is 10.6. The fourth-order valence-electron chi connectivity index (χ4n) is 1.13. The van der Waals surface area contributed by atoms with Crippen LogP contribution in [-0.4, -0.2) is 21.8 Å². The van der Waals surface area contributed by atoms with E-state index in [4.69, 9.17) is 0 Å². The molecule has 0 aromatic carbocycles. The second-order valence-corrected chi connectivity index (χ2v) is 2.73. The van der Waals surface area contributed by atoms with E-state index in [1.807, 2.05) is 0 Å². The van der Waals surface area contributed by atoms with Crippen molar-refractivity contribution < 1.29 is 13.5 Å². The molecule has 2 aromatic rings. The van der Waals surface area contributed by atoms with Gasteiger partial charge in [0.2, 0.25) is 0 Å². The largest absolute Gasteiger partial charge is 0.435 e. The van der Waals surface area contributed by atoms with Crippen molar-refractivity contribution in [1.82, 2.24) is 15.2 Å². The van der Waals surface area contributed by atoms with Crippen molar-refractivity contribution in [2.24, 2.45) is 0 Å². The molecule has 0 unspecified atom stereocenters. The van der Waals surface area contributed by atoms with Gasteiger partial charge in [0, 0.05) is 18.5 Å². The van der Waals surface area contributed by atoms with E-state index in [2.05, 4.69) is 19.9 Å². The Bertz CT molecular complexity index is 431. The van der Waals surface area contributed by atoms with Crippen molar-refractivity contribution in [3.05, 3.63) is 30.6 Å². The van der Waals surface area contributed by atoms with E-state index in [1.165, 1.54) is 18.3 Å². The minimum absolute atomic E-state index is 0.0737. The molecule has 15 heavy (non-hydrogen) atoms. The first-order valence-electron chi connectivity index (χ1n) is 4.16. The first-order valence-corrected chi connectivity index (χ1v) is 4.16. The molecular weight excluding hydrogens is 204 g/mol. The third-order valence-electron chi connectivity index (χ3n) is 1.73. The Morgan fingerprint density at radius 2 is 2.13 bits per heavy atom. The molecule has 4 nitrogen and oxygen atoms in total. The van der Waals surface area contributed by atoms with Crippen LogP contribution in [0.2, 0.25) is 0 Å². The van der Waals surface area contributed by atoms with Crippen LogP contribution in [-0.2, 0) is 0 Å². The van der Waals surface area contributed by atoms with Crippen molar-refractivity contribution in [3.8, 4) is 17.1 Å². The molecule has 0 spiro atoms. The number of aromatic nitrogens is 3. The van der Waals surface area contributed by atoms with Crippen LogP contribution in [0.25, 0.3) is 11.4 Å². The zero-order valence-corrected chi connectivity index (χ0v) is 7.52. The summed E-state index contributed by atoms with van der Waals surface area (Å²) in [5.74, 6) is 0.0737. The maximum atomic E-state index is 11.9. The lowest BCUT2D eigenvalue weighted by Crippen LogP contribution is -2.02. The molecular formula is C9H7F2N3O. The van der Waals surface area contributed by atoms with Gasteiger partial charge in [-0.1, -0.05) is 0 Å². The number of nitrogens with zero attached hydrogens (tertiary/aromatic N) is 2. The van der Waals surface area contributed by atoms with Crippen LogP contribution >= 0.6 is 0 Å². The fraction of sp³-hybridized carbons (Fsp3) is 0.111. The smallest absolute Gasteiger partial charge is 0.387 e. The highest BCUT2D eigenvalue weighted by atomic mass is 19.3. The molecule has 0 atom stereocenters. The molecule has 78 valence electrons. The highest BCUT2D eigenvalue weighted by molar-refractivity contribution is 5.55. The highest BCUT2D eigenvalue weighted by Crippen LogP contribution is 2.20. The maximum absolute atomic E-state index is 11.9. The van der Waals surface area contributed by atoms with Crippen LogP contribution in [0.1, 0.15) is 0 Å². The molecule has 0 bridgehead atoms. The summed E-state index contributed by atoms with van der Waals surface area (Å²) in [5, 5.41) is 6.41. The van der Waals surface area contributed by atoms with Gasteiger partial charge in [-0.3, -0.25) is 10.1 Å². The fourth-order valence-corrected chi connectivity index (χ4v) is 1.13. The molecule has 2 rings (SSSR count). The third kappa shape index (κ3) is 2.28. The topological polar surface area (TPSA) is 50.8 Å².